The van der Waals surface area contributed by atoms with Crippen molar-refractivity contribution < 1.29 is 4.39 Å². The van der Waals surface area contributed by atoms with E-state index in [2.05, 4.69) is 5.32 Å². The van der Waals surface area contributed by atoms with Gasteiger partial charge in [0.25, 0.3) is 0 Å². The minimum absolute atomic E-state index is 0.233. The predicted octanol–water partition coefficient (Wildman–Crippen LogP) is 2.96. The summed E-state index contributed by atoms with van der Waals surface area (Å²) in [6.45, 7) is 2.29. The lowest BCUT2D eigenvalue weighted by Gasteiger charge is -2.14. The minimum Gasteiger partial charge on any atom is -0.308 e. The molecule has 1 N–H and O–H groups in total. The van der Waals surface area contributed by atoms with Crippen LogP contribution in [0.3, 0.4) is 0 Å². The Morgan fingerprint density at radius 2 is 2.31 bits per heavy atom. The maximum atomic E-state index is 12.6. The minimum atomic E-state index is -0.409. The normalized spacial score (nSPS) is 12.8. The van der Waals surface area contributed by atoms with E-state index in [1.165, 1.54) is 0 Å². The Hall–Kier alpha value is -0.600. The van der Waals surface area contributed by atoms with E-state index in [0.717, 1.165) is 12.1 Å². The van der Waals surface area contributed by atoms with Gasteiger partial charge in [-0.2, -0.15) is 0 Å². The highest BCUT2D eigenvalue weighted by molar-refractivity contribution is 6.30. The first-order chi connectivity index (χ1) is 6.27. The summed E-state index contributed by atoms with van der Waals surface area (Å²) in [4.78, 5) is 0. The van der Waals surface area contributed by atoms with Gasteiger partial charge in [0.1, 0.15) is 6.67 Å². The highest BCUT2D eigenvalue weighted by Crippen LogP contribution is 2.17. The van der Waals surface area contributed by atoms with Gasteiger partial charge in [-0.05, 0) is 24.2 Å². The summed E-state index contributed by atoms with van der Waals surface area (Å²) in [5.74, 6) is 0. The summed E-state index contributed by atoms with van der Waals surface area (Å²) in [5.41, 5.74) is 0.900. The molecule has 13 heavy (non-hydrogen) atoms. The zero-order chi connectivity index (χ0) is 9.68. The second kappa shape index (κ2) is 5.20. The fourth-order valence-electron chi connectivity index (χ4n) is 1.23. The maximum absolute atomic E-state index is 12.6. The zero-order valence-corrected chi connectivity index (χ0v) is 8.31. The van der Waals surface area contributed by atoms with Crippen LogP contribution in [0, 0.1) is 0 Å². The summed E-state index contributed by atoms with van der Waals surface area (Å²) >= 11 is 5.80. The summed E-state index contributed by atoms with van der Waals surface area (Å²) < 4.78 is 12.6. The van der Waals surface area contributed by atoms with E-state index in [9.17, 15) is 4.39 Å². The third kappa shape index (κ3) is 2.98. The molecule has 1 nitrogen and oxygen atoms in total. The lowest BCUT2D eigenvalue weighted by Crippen LogP contribution is -2.22. The van der Waals surface area contributed by atoms with Crippen molar-refractivity contribution in [2.75, 3.05) is 13.2 Å². The number of rotatable bonds is 4. The molecule has 0 aliphatic rings. The molecule has 0 heterocycles. The van der Waals surface area contributed by atoms with Gasteiger partial charge < -0.3 is 5.32 Å². The zero-order valence-electron chi connectivity index (χ0n) is 7.56. The molecule has 1 aromatic carbocycles. The number of hydrogen-bond acceptors (Lipinski definition) is 1. The molecule has 0 aliphatic carbocycles. The monoisotopic (exact) mass is 201 g/mol. The molecule has 3 heteroatoms. The Morgan fingerprint density at radius 1 is 1.54 bits per heavy atom. The van der Waals surface area contributed by atoms with Crippen LogP contribution in [0.1, 0.15) is 18.5 Å². The highest BCUT2D eigenvalue weighted by Gasteiger charge is 2.08. The molecular formula is C10H13ClFN. The number of benzene rings is 1. The molecule has 0 radical (unpaired) electrons. The van der Waals surface area contributed by atoms with Crippen molar-refractivity contribution in [3.8, 4) is 0 Å². The van der Waals surface area contributed by atoms with Gasteiger partial charge in [0.05, 0.1) is 6.04 Å². The molecule has 72 valence electrons. The van der Waals surface area contributed by atoms with Gasteiger partial charge >= 0.3 is 0 Å². The Kier molecular flexibility index (Phi) is 4.19. The molecule has 0 saturated heterocycles. The smallest absolute Gasteiger partial charge is 0.109 e. The van der Waals surface area contributed by atoms with Crippen molar-refractivity contribution >= 4 is 11.6 Å². The standard InChI is InChI=1S/C10H13ClFN/c1-2-13-10(7-12)8-4-3-5-9(11)6-8/h3-6,10,13H,2,7H2,1H3. The van der Waals surface area contributed by atoms with E-state index >= 15 is 0 Å². The van der Waals surface area contributed by atoms with Crippen LogP contribution in [0.2, 0.25) is 5.02 Å². The number of alkyl halides is 1. The Balaban J connectivity index is 2.78. The Morgan fingerprint density at radius 3 is 2.85 bits per heavy atom. The van der Waals surface area contributed by atoms with Crippen LogP contribution in [0.5, 0.6) is 0 Å². The predicted molar refractivity (Wildman–Crippen MR) is 53.8 cm³/mol. The topological polar surface area (TPSA) is 12.0 Å². The second-order valence-electron chi connectivity index (χ2n) is 2.82. The van der Waals surface area contributed by atoms with Crippen molar-refractivity contribution in [2.45, 2.75) is 13.0 Å². The Bertz CT molecular complexity index is 265. The summed E-state index contributed by atoms with van der Waals surface area (Å²) in [5, 5.41) is 3.69. The molecule has 1 unspecified atom stereocenters. The first-order valence-electron chi connectivity index (χ1n) is 4.32. The molecule has 1 aromatic rings. The average Bonchev–Trinajstić information content (AvgIpc) is 2.14. The van der Waals surface area contributed by atoms with Gasteiger partial charge in [0.2, 0.25) is 0 Å². The fraction of sp³-hybridized carbons (Fsp3) is 0.400. The van der Waals surface area contributed by atoms with Gasteiger partial charge in [-0.15, -0.1) is 0 Å². The molecule has 0 aliphatic heterocycles. The first-order valence-corrected chi connectivity index (χ1v) is 4.70. The largest absolute Gasteiger partial charge is 0.308 e. The molecule has 1 rings (SSSR count). The highest BCUT2D eigenvalue weighted by atomic mass is 35.5. The maximum Gasteiger partial charge on any atom is 0.109 e. The van der Waals surface area contributed by atoms with Crippen LogP contribution in [-0.2, 0) is 0 Å². The number of hydrogen-bond donors (Lipinski definition) is 1. The van der Waals surface area contributed by atoms with Crippen LogP contribution in [0.25, 0.3) is 0 Å². The van der Waals surface area contributed by atoms with Crippen molar-refractivity contribution in [3.05, 3.63) is 34.9 Å². The van der Waals surface area contributed by atoms with E-state index in [-0.39, 0.29) is 6.04 Å². The third-order valence-electron chi connectivity index (χ3n) is 1.86. The van der Waals surface area contributed by atoms with Gasteiger partial charge in [-0.1, -0.05) is 30.7 Å². The van der Waals surface area contributed by atoms with E-state index in [4.69, 9.17) is 11.6 Å². The van der Waals surface area contributed by atoms with Gasteiger partial charge in [0.15, 0.2) is 0 Å². The van der Waals surface area contributed by atoms with Gasteiger partial charge in [-0.3, -0.25) is 0 Å². The van der Waals surface area contributed by atoms with Crippen molar-refractivity contribution in [1.82, 2.24) is 5.32 Å². The quantitative estimate of drug-likeness (QED) is 0.790. The van der Waals surface area contributed by atoms with Crippen LogP contribution in [0.4, 0.5) is 4.39 Å². The first kappa shape index (κ1) is 10.5. The molecule has 0 amide bonds. The van der Waals surface area contributed by atoms with E-state index < -0.39 is 6.67 Å². The van der Waals surface area contributed by atoms with Crippen molar-refractivity contribution in [2.24, 2.45) is 0 Å². The van der Waals surface area contributed by atoms with Crippen molar-refractivity contribution in [1.29, 1.82) is 0 Å². The summed E-state index contributed by atoms with van der Waals surface area (Å²) in [7, 11) is 0. The lowest BCUT2D eigenvalue weighted by atomic mass is 10.1. The average molecular weight is 202 g/mol. The van der Waals surface area contributed by atoms with E-state index in [0.29, 0.717) is 5.02 Å². The number of nitrogens with one attached hydrogen (secondary N) is 1. The Labute approximate surface area is 82.9 Å². The molecule has 0 bridgehead atoms. The van der Waals surface area contributed by atoms with E-state index in [1.807, 2.05) is 19.1 Å². The SMILES string of the molecule is CCNC(CF)c1cccc(Cl)c1. The summed E-state index contributed by atoms with van der Waals surface area (Å²) in [6, 6.07) is 7.04. The lowest BCUT2D eigenvalue weighted by molar-refractivity contribution is 0.387. The van der Waals surface area contributed by atoms with Gasteiger partial charge in [0, 0.05) is 5.02 Å². The molecule has 1 atom stereocenters. The number of halogens is 2. The molecule has 0 fully saturated rings. The van der Waals surface area contributed by atoms with Crippen LogP contribution < -0.4 is 5.32 Å². The van der Waals surface area contributed by atoms with Crippen LogP contribution >= 0.6 is 11.6 Å². The molecule has 0 spiro atoms. The second-order valence-corrected chi connectivity index (χ2v) is 3.26. The van der Waals surface area contributed by atoms with Gasteiger partial charge in [-0.25, -0.2) is 4.39 Å². The van der Waals surface area contributed by atoms with Crippen LogP contribution in [0.15, 0.2) is 24.3 Å². The molecular weight excluding hydrogens is 189 g/mol. The summed E-state index contributed by atoms with van der Waals surface area (Å²) in [6.07, 6.45) is 0. The van der Waals surface area contributed by atoms with Crippen molar-refractivity contribution in [3.63, 3.8) is 0 Å². The molecule has 0 saturated carbocycles. The van der Waals surface area contributed by atoms with Crippen LogP contribution in [-0.4, -0.2) is 13.2 Å². The molecule has 0 aromatic heterocycles. The van der Waals surface area contributed by atoms with E-state index in [1.54, 1.807) is 12.1 Å². The third-order valence-corrected chi connectivity index (χ3v) is 2.09. The fourth-order valence-corrected chi connectivity index (χ4v) is 1.43.